The number of ether oxygens (including phenoxy) is 1. The summed E-state index contributed by atoms with van der Waals surface area (Å²) >= 11 is 0. The van der Waals surface area contributed by atoms with Crippen molar-refractivity contribution in [2.24, 2.45) is 0 Å². The fourth-order valence-electron chi connectivity index (χ4n) is 1.62. The normalized spacial score (nSPS) is 17.2. The molecule has 3 heteroatoms. The van der Waals surface area contributed by atoms with Crippen molar-refractivity contribution >= 4 is 11.5 Å². The first-order valence-corrected chi connectivity index (χ1v) is 4.82. The van der Waals surface area contributed by atoms with E-state index < -0.39 is 0 Å². The van der Waals surface area contributed by atoms with Gasteiger partial charge in [-0.05, 0) is 11.1 Å². The number of cyclic esters (lactones) is 1. The predicted octanol–water partition coefficient (Wildman–Crippen LogP) is 1.65. The van der Waals surface area contributed by atoms with Gasteiger partial charge in [-0.3, -0.25) is 0 Å². The highest BCUT2D eigenvalue weighted by molar-refractivity contribution is 6.17. The zero-order valence-electron chi connectivity index (χ0n) is 8.86. The third kappa shape index (κ3) is 1.86. The minimum atomic E-state index is -0.248. The van der Waals surface area contributed by atoms with Gasteiger partial charge in [0.2, 0.25) is 0 Å². The topological polar surface area (TPSA) is 29.5 Å². The van der Waals surface area contributed by atoms with Crippen molar-refractivity contribution in [1.29, 1.82) is 0 Å². The molecule has 0 aromatic heterocycles. The predicted molar refractivity (Wildman–Crippen MR) is 57.9 cm³/mol. The molecule has 0 atom stereocenters. The third-order valence-corrected chi connectivity index (χ3v) is 2.27. The molecular formula is C12H13NO2. The van der Waals surface area contributed by atoms with Crippen molar-refractivity contribution in [3.05, 3.63) is 41.6 Å². The molecule has 0 spiro atoms. The molecule has 15 heavy (non-hydrogen) atoms. The minimum Gasteiger partial charge on any atom is -0.457 e. The fourth-order valence-corrected chi connectivity index (χ4v) is 1.62. The van der Waals surface area contributed by atoms with Gasteiger partial charge in [0.25, 0.3) is 0 Å². The molecule has 2 rings (SSSR count). The lowest BCUT2D eigenvalue weighted by molar-refractivity contribution is -0.138. The van der Waals surface area contributed by atoms with Gasteiger partial charge in [-0.15, -0.1) is 0 Å². The largest absolute Gasteiger partial charge is 0.457 e. The first kappa shape index (κ1) is 9.77. The summed E-state index contributed by atoms with van der Waals surface area (Å²) in [4.78, 5) is 13.4. The summed E-state index contributed by atoms with van der Waals surface area (Å²) in [5.41, 5.74) is 2.66. The van der Waals surface area contributed by atoms with Crippen LogP contribution in [0.3, 0.4) is 0 Å². The van der Waals surface area contributed by atoms with Crippen molar-refractivity contribution in [1.82, 2.24) is 4.90 Å². The molecule has 0 bridgehead atoms. The van der Waals surface area contributed by atoms with Crippen LogP contribution < -0.4 is 0 Å². The summed E-state index contributed by atoms with van der Waals surface area (Å²) in [6.45, 7) is 0.375. The summed E-state index contributed by atoms with van der Waals surface area (Å²) in [6, 6.07) is 7.81. The second-order valence-corrected chi connectivity index (χ2v) is 3.74. The van der Waals surface area contributed by atoms with Crippen LogP contribution >= 0.6 is 0 Å². The number of hydrogen-bond donors (Lipinski definition) is 0. The molecule has 3 nitrogen and oxygen atoms in total. The Hall–Kier alpha value is -1.77. The Morgan fingerprint density at radius 1 is 1.33 bits per heavy atom. The van der Waals surface area contributed by atoms with E-state index >= 15 is 0 Å². The van der Waals surface area contributed by atoms with E-state index in [4.69, 9.17) is 4.74 Å². The smallest absolute Gasteiger partial charge is 0.340 e. The maximum absolute atomic E-state index is 11.6. The maximum Gasteiger partial charge on any atom is 0.340 e. The number of esters is 1. The second kappa shape index (κ2) is 3.77. The maximum atomic E-state index is 11.6. The third-order valence-electron chi connectivity index (χ3n) is 2.27. The van der Waals surface area contributed by atoms with E-state index in [1.165, 1.54) is 0 Å². The highest BCUT2D eigenvalue weighted by atomic mass is 16.5. The van der Waals surface area contributed by atoms with E-state index in [0.29, 0.717) is 12.2 Å². The van der Waals surface area contributed by atoms with Crippen LogP contribution in [0.15, 0.2) is 30.5 Å². The Morgan fingerprint density at radius 3 is 2.80 bits per heavy atom. The van der Waals surface area contributed by atoms with E-state index in [-0.39, 0.29) is 5.97 Å². The Balaban J connectivity index is 2.51. The number of hydrogen-bond acceptors (Lipinski definition) is 3. The van der Waals surface area contributed by atoms with Gasteiger partial charge in [-0.2, -0.15) is 0 Å². The number of rotatable bonds is 1. The van der Waals surface area contributed by atoms with Crippen molar-refractivity contribution < 1.29 is 9.53 Å². The van der Waals surface area contributed by atoms with Crippen LogP contribution in [0, 0.1) is 0 Å². The number of benzene rings is 1. The number of nitrogens with zero attached hydrogens (tertiary/aromatic N) is 1. The molecule has 0 N–H and O–H groups in total. The monoisotopic (exact) mass is 203 g/mol. The van der Waals surface area contributed by atoms with Crippen LogP contribution in [0.2, 0.25) is 0 Å². The van der Waals surface area contributed by atoms with E-state index in [9.17, 15) is 4.79 Å². The number of carbonyl (C=O) groups is 1. The Kier molecular flexibility index (Phi) is 2.46. The van der Waals surface area contributed by atoms with Crippen LogP contribution in [-0.4, -0.2) is 25.0 Å². The lowest BCUT2D eigenvalue weighted by Crippen LogP contribution is -2.17. The first-order chi connectivity index (χ1) is 7.18. The highest BCUT2D eigenvalue weighted by Gasteiger charge is 2.22. The zero-order chi connectivity index (χ0) is 10.8. The second-order valence-electron chi connectivity index (χ2n) is 3.74. The molecule has 0 unspecified atom stereocenters. The van der Waals surface area contributed by atoms with Gasteiger partial charge in [-0.1, -0.05) is 24.3 Å². The standard InChI is InChI=1S/C12H13NO2/c1-13(2)7-11-10-6-4-3-5-9(10)8-15-12(11)14/h3-7H,8H2,1-2H3/b11-7+. The van der Waals surface area contributed by atoms with Gasteiger partial charge in [0.15, 0.2) is 0 Å². The molecule has 1 aromatic carbocycles. The molecular weight excluding hydrogens is 190 g/mol. The van der Waals surface area contributed by atoms with Crippen molar-refractivity contribution in [3.63, 3.8) is 0 Å². The molecule has 0 fully saturated rings. The summed E-state index contributed by atoms with van der Waals surface area (Å²) in [7, 11) is 3.77. The lowest BCUT2D eigenvalue weighted by atomic mass is 9.99. The van der Waals surface area contributed by atoms with E-state index in [1.807, 2.05) is 43.3 Å². The SMILES string of the molecule is CN(C)/C=C1/C(=O)OCc2ccccc21. The molecule has 1 aliphatic heterocycles. The average Bonchev–Trinajstić information content (AvgIpc) is 2.22. The molecule has 0 amide bonds. The number of carbonyl (C=O) groups excluding carboxylic acids is 1. The summed E-state index contributed by atoms with van der Waals surface area (Å²) in [5.74, 6) is -0.248. The van der Waals surface area contributed by atoms with Gasteiger partial charge >= 0.3 is 5.97 Å². The lowest BCUT2D eigenvalue weighted by Gasteiger charge is -2.19. The summed E-state index contributed by atoms with van der Waals surface area (Å²) in [6.07, 6.45) is 1.79. The molecule has 0 radical (unpaired) electrons. The summed E-state index contributed by atoms with van der Waals surface area (Å²) < 4.78 is 5.08. The van der Waals surface area contributed by atoms with Gasteiger partial charge in [0, 0.05) is 20.3 Å². The average molecular weight is 203 g/mol. The zero-order valence-corrected chi connectivity index (χ0v) is 8.86. The van der Waals surface area contributed by atoms with Crippen molar-refractivity contribution in [3.8, 4) is 0 Å². The van der Waals surface area contributed by atoms with Gasteiger partial charge in [0.05, 0.1) is 5.57 Å². The van der Waals surface area contributed by atoms with Gasteiger partial charge in [0.1, 0.15) is 6.61 Å². The molecule has 0 saturated heterocycles. The molecule has 78 valence electrons. The Labute approximate surface area is 89.0 Å². The highest BCUT2D eigenvalue weighted by Crippen LogP contribution is 2.26. The van der Waals surface area contributed by atoms with Gasteiger partial charge < -0.3 is 9.64 Å². The fraction of sp³-hybridized carbons (Fsp3) is 0.250. The quantitative estimate of drug-likeness (QED) is 0.513. The minimum absolute atomic E-state index is 0.248. The van der Waals surface area contributed by atoms with Crippen LogP contribution in [-0.2, 0) is 16.1 Å². The van der Waals surface area contributed by atoms with Gasteiger partial charge in [-0.25, -0.2) is 4.79 Å². The molecule has 1 aromatic rings. The van der Waals surface area contributed by atoms with E-state index in [1.54, 1.807) is 6.20 Å². The van der Waals surface area contributed by atoms with Crippen LogP contribution in [0.5, 0.6) is 0 Å². The molecule has 0 saturated carbocycles. The first-order valence-electron chi connectivity index (χ1n) is 4.82. The Morgan fingerprint density at radius 2 is 2.07 bits per heavy atom. The van der Waals surface area contributed by atoms with E-state index in [0.717, 1.165) is 11.1 Å². The summed E-state index contributed by atoms with van der Waals surface area (Å²) in [5, 5.41) is 0. The van der Waals surface area contributed by atoms with Crippen LogP contribution in [0.25, 0.3) is 5.57 Å². The van der Waals surface area contributed by atoms with Crippen molar-refractivity contribution in [2.45, 2.75) is 6.61 Å². The van der Waals surface area contributed by atoms with Crippen LogP contribution in [0.4, 0.5) is 0 Å². The Bertz CT molecular complexity index is 421. The molecule has 0 aliphatic carbocycles. The molecule has 1 aliphatic rings. The van der Waals surface area contributed by atoms with Crippen molar-refractivity contribution in [2.75, 3.05) is 14.1 Å². The number of fused-ring (bicyclic) bond motifs is 1. The van der Waals surface area contributed by atoms with E-state index in [2.05, 4.69) is 0 Å². The molecule has 1 heterocycles. The van der Waals surface area contributed by atoms with Crippen LogP contribution in [0.1, 0.15) is 11.1 Å².